The monoisotopic (exact) mass is 267 g/mol. The van der Waals surface area contributed by atoms with Gasteiger partial charge in [0, 0.05) is 5.69 Å². The van der Waals surface area contributed by atoms with Crippen molar-refractivity contribution in [2.75, 3.05) is 26.1 Å². The van der Waals surface area contributed by atoms with Crippen molar-refractivity contribution >= 4 is 11.7 Å². The standard InChI is InChI=1S/C14H21NO4/c1-14(2,3)19-8-7-18-13(16)11-9-10(15)5-6-12(11)17-4/h5-6,9H,7-8,15H2,1-4H3. The Balaban J connectivity index is 2.56. The lowest BCUT2D eigenvalue weighted by molar-refractivity contribution is -0.0282. The fourth-order valence-electron chi connectivity index (χ4n) is 1.45. The SMILES string of the molecule is COc1ccc(N)cc1C(=O)OCCOC(C)(C)C. The third kappa shape index (κ3) is 5.18. The number of nitrogens with two attached hydrogens (primary N) is 1. The van der Waals surface area contributed by atoms with Gasteiger partial charge in [-0.1, -0.05) is 0 Å². The van der Waals surface area contributed by atoms with E-state index in [9.17, 15) is 4.79 Å². The van der Waals surface area contributed by atoms with Crippen LogP contribution in [0, 0.1) is 0 Å². The molecule has 0 radical (unpaired) electrons. The maximum Gasteiger partial charge on any atom is 0.342 e. The van der Waals surface area contributed by atoms with E-state index < -0.39 is 5.97 Å². The number of ether oxygens (including phenoxy) is 3. The van der Waals surface area contributed by atoms with Crippen LogP contribution in [0.2, 0.25) is 0 Å². The van der Waals surface area contributed by atoms with E-state index in [2.05, 4.69) is 0 Å². The molecule has 0 saturated heterocycles. The number of nitrogen functional groups attached to an aromatic ring is 1. The lowest BCUT2D eigenvalue weighted by Crippen LogP contribution is -2.22. The third-order valence-corrected chi connectivity index (χ3v) is 2.30. The summed E-state index contributed by atoms with van der Waals surface area (Å²) >= 11 is 0. The normalized spacial score (nSPS) is 11.2. The van der Waals surface area contributed by atoms with Gasteiger partial charge in [-0.25, -0.2) is 4.79 Å². The van der Waals surface area contributed by atoms with Gasteiger partial charge in [0.15, 0.2) is 0 Å². The minimum atomic E-state index is -0.471. The number of methoxy groups -OCH3 is 1. The van der Waals surface area contributed by atoms with E-state index in [-0.39, 0.29) is 12.2 Å². The second-order valence-corrected chi connectivity index (χ2v) is 5.06. The Labute approximate surface area is 113 Å². The third-order valence-electron chi connectivity index (χ3n) is 2.30. The number of carbonyl (C=O) groups excluding carboxylic acids is 1. The Morgan fingerprint density at radius 2 is 1.95 bits per heavy atom. The highest BCUT2D eigenvalue weighted by molar-refractivity contribution is 5.93. The highest BCUT2D eigenvalue weighted by atomic mass is 16.6. The molecule has 1 aromatic rings. The molecule has 0 saturated carbocycles. The zero-order valence-corrected chi connectivity index (χ0v) is 11.9. The number of hydrogen-bond donors (Lipinski definition) is 1. The van der Waals surface area contributed by atoms with Crippen molar-refractivity contribution in [1.82, 2.24) is 0 Å². The van der Waals surface area contributed by atoms with Gasteiger partial charge in [0.1, 0.15) is 17.9 Å². The maximum absolute atomic E-state index is 11.9. The van der Waals surface area contributed by atoms with E-state index in [4.69, 9.17) is 19.9 Å². The highest BCUT2D eigenvalue weighted by Gasteiger charge is 2.15. The van der Waals surface area contributed by atoms with Gasteiger partial charge in [-0.2, -0.15) is 0 Å². The number of anilines is 1. The summed E-state index contributed by atoms with van der Waals surface area (Å²) in [6.45, 7) is 6.36. The van der Waals surface area contributed by atoms with Gasteiger partial charge in [-0.15, -0.1) is 0 Å². The van der Waals surface area contributed by atoms with Crippen LogP contribution in [-0.4, -0.2) is 31.9 Å². The van der Waals surface area contributed by atoms with Gasteiger partial charge in [-0.3, -0.25) is 0 Å². The van der Waals surface area contributed by atoms with Crippen molar-refractivity contribution < 1.29 is 19.0 Å². The van der Waals surface area contributed by atoms with Crippen molar-refractivity contribution in [2.24, 2.45) is 0 Å². The Kier molecular flexibility index (Phi) is 5.18. The molecule has 1 rings (SSSR count). The van der Waals surface area contributed by atoms with Crippen LogP contribution in [0.15, 0.2) is 18.2 Å². The first-order valence-electron chi connectivity index (χ1n) is 6.08. The Morgan fingerprint density at radius 3 is 2.53 bits per heavy atom. The van der Waals surface area contributed by atoms with Gasteiger partial charge in [-0.05, 0) is 39.0 Å². The number of carbonyl (C=O) groups is 1. The maximum atomic E-state index is 11.9. The molecule has 0 heterocycles. The largest absolute Gasteiger partial charge is 0.496 e. The second-order valence-electron chi connectivity index (χ2n) is 5.06. The lowest BCUT2D eigenvalue weighted by Gasteiger charge is -2.19. The topological polar surface area (TPSA) is 70.8 Å². The summed E-state index contributed by atoms with van der Waals surface area (Å²) in [6, 6.07) is 4.84. The van der Waals surface area contributed by atoms with Crippen LogP contribution in [0.4, 0.5) is 5.69 Å². The summed E-state index contributed by atoms with van der Waals surface area (Å²) in [5.41, 5.74) is 6.20. The van der Waals surface area contributed by atoms with E-state index in [0.29, 0.717) is 23.6 Å². The predicted octanol–water partition coefficient (Wildman–Crippen LogP) is 2.25. The van der Waals surface area contributed by atoms with Crippen molar-refractivity contribution in [3.63, 3.8) is 0 Å². The van der Waals surface area contributed by atoms with Gasteiger partial charge in [0.05, 0.1) is 19.3 Å². The van der Waals surface area contributed by atoms with Crippen LogP contribution in [-0.2, 0) is 9.47 Å². The molecule has 0 unspecified atom stereocenters. The van der Waals surface area contributed by atoms with Crippen molar-refractivity contribution in [3.05, 3.63) is 23.8 Å². The molecule has 5 nitrogen and oxygen atoms in total. The van der Waals surface area contributed by atoms with E-state index >= 15 is 0 Å². The average molecular weight is 267 g/mol. The van der Waals surface area contributed by atoms with Crippen LogP contribution in [0.25, 0.3) is 0 Å². The molecule has 19 heavy (non-hydrogen) atoms. The minimum Gasteiger partial charge on any atom is -0.496 e. The molecule has 0 atom stereocenters. The molecule has 1 aromatic carbocycles. The zero-order valence-electron chi connectivity index (χ0n) is 11.9. The molecule has 106 valence electrons. The Hall–Kier alpha value is -1.75. The van der Waals surface area contributed by atoms with E-state index in [0.717, 1.165) is 0 Å². The van der Waals surface area contributed by atoms with E-state index in [1.807, 2.05) is 20.8 Å². The molecule has 0 spiro atoms. The lowest BCUT2D eigenvalue weighted by atomic mass is 10.2. The van der Waals surface area contributed by atoms with Crippen LogP contribution in [0.1, 0.15) is 31.1 Å². The van der Waals surface area contributed by atoms with Gasteiger partial charge < -0.3 is 19.9 Å². The highest BCUT2D eigenvalue weighted by Crippen LogP contribution is 2.21. The van der Waals surface area contributed by atoms with Crippen molar-refractivity contribution in [3.8, 4) is 5.75 Å². The van der Waals surface area contributed by atoms with Gasteiger partial charge in [0.2, 0.25) is 0 Å². The fraction of sp³-hybridized carbons (Fsp3) is 0.500. The van der Waals surface area contributed by atoms with Crippen LogP contribution >= 0.6 is 0 Å². The smallest absolute Gasteiger partial charge is 0.342 e. The summed E-state index contributed by atoms with van der Waals surface area (Å²) in [7, 11) is 1.49. The van der Waals surface area contributed by atoms with Gasteiger partial charge in [0.25, 0.3) is 0 Å². The molecule has 0 fully saturated rings. The molecule has 0 amide bonds. The predicted molar refractivity (Wildman–Crippen MR) is 73.4 cm³/mol. The summed E-state index contributed by atoms with van der Waals surface area (Å²) in [5, 5.41) is 0. The molecule has 5 heteroatoms. The van der Waals surface area contributed by atoms with Crippen LogP contribution in [0.5, 0.6) is 5.75 Å². The summed E-state index contributed by atoms with van der Waals surface area (Å²) < 4.78 is 15.7. The number of rotatable bonds is 5. The zero-order chi connectivity index (χ0) is 14.5. The molecule has 2 N–H and O–H groups in total. The Morgan fingerprint density at radius 1 is 1.26 bits per heavy atom. The minimum absolute atomic E-state index is 0.189. The molecule has 0 aliphatic rings. The van der Waals surface area contributed by atoms with Crippen molar-refractivity contribution in [2.45, 2.75) is 26.4 Å². The fourth-order valence-corrected chi connectivity index (χ4v) is 1.45. The first-order chi connectivity index (χ1) is 8.83. The molecule has 0 aromatic heterocycles. The van der Waals surface area contributed by atoms with Gasteiger partial charge >= 0.3 is 5.97 Å². The van der Waals surface area contributed by atoms with Crippen molar-refractivity contribution in [1.29, 1.82) is 0 Å². The molecule has 0 bridgehead atoms. The number of esters is 1. The summed E-state index contributed by atoms with van der Waals surface area (Å²) in [5.74, 6) is -0.0300. The molecule has 0 aliphatic heterocycles. The van der Waals surface area contributed by atoms with E-state index in [1.54, 1.807) is 12.1 Å². The molecular weight excluding hydrogens is 246 g/mol. The van der Waals surface area contributed by atoms with Crippen LogP contribution < -0.4 is 10.5 Å². The van der Waals surface area contributed by atoms with Crippen LogP contribution in [0.3, 0.4) is 0 Å². The first kappa shape index (κ1) is 15.3. The quantitative estimate of drug-likeness (QED) is 0.503. The number of benzene rings is 1. The summed E-state index contributed by atoms with van der Waals surface area (Å²) in [4.78, 5) is 11.9. The Bertz CT molecular complexity index is 438. The van der Waals surface area contributed by atoms with E-state index in [1.165, 1.54) is 13.2 Å². The molecular formula is C14H21NO4. The molecule has 0 aliphatic carbocycles. The summed E-state index contributed by atoms with van der Waals surface area (Å²) in [6.07, 6.45) is 0. The number of hydrogen-bond acceptors (Lipinski definition) is 5. The average Bonchev–Trinajstić information content (AvgIpc) is 2.33. The second kappa shape index (κ2) is 6.43. The first-order valence-corrected chi connectivity index (χ1v) is 6.08.